The third kappa shape index (κ3) is 4.42. The van der Waals surface area contributed by atoms with E-state index in [-0.39, 0.29) is 17.9 Å². The van der Waals surface area contributed by atoms with Crippen LogP contribution in [-0.2, 0) is 11.8 Å². The lowest BCUT2D eigenvalue weighted by Crippen LogP contribution is -2.29. The van der Waals surface area contributed by atoms with Crippen molar-refractivity contribution in [1.82, 2.24) is 9.78 Å². The highest BCUT2D eigenvalue weighted by atomic mass is 16.5. The van der Waals surface area contributed by atoms with Gasteiger partial charge in [0.25, 0.3) is 0 Å². The van der Waals surface area contributed by atoms with Crippen LogP contribution < -0.4 is 15.4 Å². The van der Waals surface area contributed by atoms with E-state index in [1.807, 2.05) is 46.1 Å². The van der Waals surface area contributed by atoms with Crippen LogP contribution in [0.25, 0.3) is 0 Å². The summed E-state index contributed by atoms with van der Waals surface area (Å²) in [5.41, 5.74) is 8.15. The topological polar surface area (TPSA) is 89.4 Å². The molecule has 7 nitrogen and oxygen atoms in total. The first-order valence-electron chi connectivity index (χ1n) is 9.37. The van der Waals surface area contributed by atoms with Crippen molar-refractivity contribution in [2.24, 2.45) is 7.05 Å². The predicted molar refractivity (Wildman–Crippen MR) is 108 cm³/mol. The van der Waals surface area contributed by atoms with Crippen molar-refractivity contribution < 1.29 is 9.47 Å². The standard InChI is InChI=1S/C20H29N5O2/c1-13(2)27-14-7-8-17(21)16(10-14)20(22)18-11-19(25(4)23-18)24(3)12-15-6-5-9-26-15/h7-8,10-11,13,15,22H,5-6,9,12,21H2,1-4H3. The van der Waals surface area contributed by atoms with Gasteiger partial charge >= 0.3 is 0 Å². The van der Waals surface area contributed by atoms with Gasteiger partial charge < -0.3 is 20.1 Å². The number of hydrogen-bond donors (Lipinski definition) is 2. The molecule has 27 heavy (non-hydrogen) atoms. The van der Waals surface area contributed by atoms with Crippen molar-refractivity contribution >= 4 is 17.2 Å². The summed E-state index contributed by atoms with van der Waals surface area (Å²) in [5.74, 6) is 1.64. The maximum Gasteiger partial charge on any atom is 0.127 e. The van der Waals surface area contributed by atoms with E-state index in [1.165, 1.54) is 0 Å². The van der Waals surface area contributed by atoms with E-state index < -0.39 is 0 Å². The Balaban J connectivity index is 1.81. The molecule has 0 saturated carbocycles. The molecule has 1 atom stereocenters. The molecular formula is C20H29N5O2. The van der Waals surface area contributed by atoms with Crippen molar-refractivity contribution in [2.45, 2.75) is 38.9 Å². The molecule has 146 valence electrons. The Morgan fingerprint density at radius 1 is 1.44 bits per heavy atom. The smallest absolute Gasteiger partial charge is 0.127 e. The summed E-state index contributed by atoms with van der Waals surface area (Å²) < 4.78 is 13.3. The van der Waals surface area contributed by atoms with E-state index in [4.69, 9.17) is 20.6 Å². The lowest BCUT2D eigenvalue weighted by molar-refractivity contribution is 0.116. The second-order valence-electron chi connectivity index (χ2n) is 7.32. The summed E-state index contributed by atoms with van der Waals surface area (Å²) in [4.78, 5) is 2.13. The zero-order valence-corrected chi connectivity index (χ0v) is 16.5. The summed E-state index contributed by atoms with van der Waals surface area (Å²) in [6.45, 7) is 5.59. The molecule has 3 N–H and O–H groups in total. The maximum absolute atomic E-state index is 8.61. The van der Waals surface area contributed by atoms with Crippen molar-refractivity contribution in [3.8, 4) is 5.75 Å². The molecule has 1 aromatic carbocycles. The van der Waals surface area contributed by atoms with Gasteiger partial charge in [-0.2, -0.15) is 5.10 Å². The molecule has 2 heterocycles. The number of aryl methyl sites for hydroxylation is 1. The van der Waals surface area contributed by atoms with Crippen LogP contribution in [0.1, 0.15) is 37.9 Å². The molecule has 1 saturated heterocycles. The van der Waals surface area contributed by atoms with Gasteiger partial charge in [-0.15, -0.1) is 0 Å². The van der Waals surface area contributed by atoms with Gasteiger partial charge in [-0.25, -0.2) is 0 Å². The van der Waals surface area contributed by atoms with Gasteiger partial charge in [-0.3, -0.25) is 10.1 Å². The van der Waals surface area contributed by atoms with Gasteiger partial charge in [0.15, 0.2) is 0 Å². The van der Waals surface area contributed by atoms with Crippen molar-refractivity contribution in [3.63, 3.8) is 0 Å². The molecular weight excluding hydrogens is 342 g/mol. The average Bonchev–Trinajstić information content (AvgIpc) is 3.25. The summed E-state index contributed by atoms with van der Waals surface area (Å²) in [6, 6.07) is 7.33. The molecule has 0 radical (unpaired) electrons. The molecule has 1 unspecified atom stereocenters. The largest absolute Gasteiger partial charge is 0.491 e. The normalized spacial score (nSPS) is 16.7. The predicted octanol–water partition coefficient (Wildman–Crippen LogP) is 2.82. The fraction of sp³-hybridized carbons (Fsp3) is 0.500. The maximum atomic E-state index is 8.61. The minimum Gasteiger partial charge on any atom is -0.491 e. The zero-order chi connectivity index (χ0) is 19.6. The van der Waals surface area contributed by atoms with Gasteiger partial charge in [0.1, 0.15) is 17.3 Å². The van der Waals surface area contributed by atoms with E-state index in [1.54, 1.807) is 10.7 Å². The summed E-state index contributed by atoms with van der Waals surface area (Å²) in [5, 5.41) is 13.1. The van der Waals surface area contributed by atoms with Crippen molar-refractivity contribution in [3.05, 3.63) is 35.5 Å². The molecule has 1 aliphatic rings. The van der Waals surface area contributed by atoms with E-state index in [0.717, 1.165) is 31.8 Å². The van der Waals surface area contributed by atoms with Crippen LogP contribution in [0.15, 0.2) is 24.3 Å². The fourth-order valence-corrected chi connectivity index (χ4v) is 3.36. The van der Waals surface area contributed by atoms with Crippen LogP contribution in [0.5, 0.6) is 5.75 Å². The number of nitrogens with one attached hydrogen (secondary N) is 1. The molecule has 2 aromatic rings. The zero-order valence-electron chi connectivity index (χ0n) is 16.5. The average molecular weight is 371 g/mol. The highest BCUT2D eigenvalue weighted by Gasteiger charge is 2.21. The Hall–Kier alpha value is -2.54. The number of aromatic nitrogens is 2. The summed E-state index contributed by atoms with van der Waals surface area (Å²) >= 11 is 0. The van der Waals surface area contributed by atoms with E-state index >= 15 is 0 Å². The second-order valence-corrected chi connectivity index (χ2v) is 7.32. The number of hydrogen-bond acceptors (Lipinski definition) is 6. The molecule has 0 amide bonds. The lowest BCUT2D eigenvalue weighted by Gasteiger charge is -2.22. The first-order valence-corrected chi connectivity index (χ1v) is 9.37. The monoisotopic (exact) mass is 371 g/mol. The molecule has 0 spiro atoms. The van der Waals surface area contributed by atoms with Gasteiger partial charge in [-0.1, -0.05) is 0 Å². The third-order valence-corrected chi connectivity index (χ3v) is 4.67. The summed E-state index contributed by atoms with van der Waals surface area (Å²) in [6.07, 6.45) is 2.52. The Morgan fingerprint density at radius 3 is 2.89 bits per heavy atom. The van der Waals surface area contributed by atoms with Gasteiger partial charge in [0, 0.05) is 44.6 Å². The van der Waals surface area contributed by atoms with Crippen molar-refractivity contribution in [1.29, 1.82) is 5.41 Å². The Bertz CT molecular complexity index is 809. The number of likely N-dealkylation sites (N-methyl/N-ethyl adjacent to an activating group) is 1. The molecule has 1 fully saturated rings. The molecule has 3 rings (SSSR count). The number of nitrogens with two attached hydrogens (primary N) is 1. The highest BCUT2D eigenvalue weighted by molar-refractivity contribution is 6.13. The minimum atomic E-state index is 0.0589. The number of anilines is 2. The number of nitrogen functional groups attached to an aromatic ring is 1. The summed E-state index contributed by atoms with van der Waals surface area (Å²) in [7, 11) is 3.91. The molecule has 1 aliphatic heterocycles. The quantitative estimate of drug-likeness (QED) is 0.577. The molecule has 1 aromatic heterocycles. The number of nitrogens with zero attached hydrogens (tertiary/aromatic N) is 3. The molecule has 0 aliphatic carbocycles. The third-order valence-electron chi connectivity index (χ3n) is 4.67. The van der Waals surface area contributed by atoms with E-state index in [9.17, 15) is 0 Å². The minimum absolute atomic E-state index is 0.0589. The van der Waals surface area contributed by atoms with Crippen LogP contribution in [0.3, 0.4) is 0 Å². The first-order chi connectivity index (χ1) is 12.8. The van der Waals surface area contributed by atoms with Gasteiger partial charge in [0.2, 0.25) is 0 Å². The Kier molecular flexibility index (Phi) is 5.70. The molecule has 7 heteroatoms. The van der Waals surface area contributed by atoms with Crippen LogP contribution in [0.4, 0.5) is 11.5 Å². The van der Waals surface area contributed by atoms with Crippen LogP contribution in [-0.4, -0.2) is 47.9 Å². The Labute approximate surface area is 160 Å². The van der Waals surface area contributed by atoms with Gasteiger partial charge in [0.05, 0.1) is 17.9 Å². The molecule has 0 bridgehead atoms. The van der Waals surface area contributed by atoms with Crippen molar-refractivity contribution in [2.75, 3.05) is 30.8 Å². The first kappa shape index (κ1) is 19.2. The SMILES string of the molecule is CC(C)Oc1ccc(N)c(C(=N)c2cc(N(C)CC3CCCO3)n(C)n2)c1. The fourth-order valence-electron chi connectivity index (χ4n) is 3.36. The van der Waals surface area contributed by atoms with Crippen LogP contribution >= 0.6 is 0 Å². The Morgan fingerprint density at radius 2 is 2.22 bits per heavy atom. The second kappa shape index (κ2) is 8.00. The van der Waals surface area contributed by atoms with Gasteiger partial charge in [-0.05, 0) is 44.9 Å². The number of rotatable bonds is 7. The lowest BCUT2D eigenvalue weighted by atomic mass is 10.0. The van der Waals surface area contributed by atoms with Crippen LogP contribution in [0.2, 0.25) is 0 Å². The van der Waals surface area contributed by atoms with Crippen LogP contribution in [0, 0.1) is 5.41 Å². The highest BCUT2D eigenvalue weighted by Crippen LogP contribution is 2.25. The van der Waals surface area contributed by atoms with E-state index in [0.29, 0.717) is 22.7 Å². The number of ether oxygens (including phenoxy) is 2. The van der Waals surface area contributed by atoms with E-state index in [2.05, 4.69) is 10.00 Å². The number of benzene rings is 1.